The zero-order chi connectivity index (χ0) is 13.5. The summed E-state index contributed by atoms with van der Waals surface area (Å²) in [4.78, 5) is 11.8. The van der Waals surface area contributed by atoms with Crippen molar-refractivity contribution in [1.82, 2.24) is 0 Å². The number of hydrogen-bond acceptors (Lipinski definition) is 4. The van der Waals surface area contributed by atoms with Gasteiger partial charge in [-0.1, -0.05) is 12.1 Å². The van der Waals surface area contributed by atoms with Gasteiger partial charge in [-0.15, -0.1) is 0 Å². The molecule has 4 nitrogen and oxygen atoms in total. The number of benzene rings is 1. The Hall–Kier alpha value is -1.53. The largest absolute Gasteiger partial charge is 0.435 e. The van der Waals surface area contributed by atoms with Gasteiger partial charge >= 0.3 is 6.61 Å². The summed E-state index contributed by atoms with van der Waals surface area (Å²) >= 11 is 0. The second kappa shape index (κ2) is 7.03. The highest BCUT2D eigenvalue weighted by Gasteiger charge is 2.13. The molecule has 18 heavy (non-hydrogen) atoms. The Morgan fingerprint density at radius 1 is 1.44 bits per heavy atom. The molecule has 0 amide bonds. The molecule has 0 radical (unpaired) electrons. The van der Waals surface area contributed by atoms with Crippen molar-refractivity contribution < 1.29 is 23.0 Å². The average molecular weight is 259 g/mol. The van der Waals surface area contributed by atoms with Crippen LogP contribution in [0.4, 0.5) is 8.78 Å². The Balaban J connectivity index is 2.68. The molecule has 1 aromatic carbocycles. The molecule has 1 rings (SSSR count). The van der Waals surface area contributed by atoms with E-state index < -0.39 is 12.7 Å². The predicted octanol–water partition coefficient (Wildman–Crippen LogP) is 1.83. The van der Waals surface area contributed by atoms with Crippen molar-refractivity contribution in [2.75, 3.05) is 13.7 Å². The molecule has 6 heteroatoms. The summed E-state index contributed by atoms with van der Waals surface area (Å²) in [6, 6.07) is 5.22. The van der Waals surface area contributed by atoms with Gasteiger partial charge in [0.1, 0.15) is 5.75 Å². The third-order valence-corrected chi connectivity index (χ3v) is 2.21. The molecule has 0 saturated heterocycles. The lowest BCUT2D eigenvalue weighted by Gasteiger charge is -2.10. The van der Waals surface area contributed by atoms with Crippen molar-refractivity contribution in [3.05, 3.63) is 29.8 Å². The summed E-state index contributed by atoms with van der Waals surface area (Å²) in [6.45, 7) is -2.65. The predicted molar refractivity (Wildman–Crippen MR) is 61.9 cm³/mol. The summed E-state index contributed by atoms with van der Waals surface area (Å²) in [5.41, 5.74) is 5.94. The van der Waals surface area contributed by atoms with E-state index in [1.165, 1.54) is 31.4 Å². The Labute approximate surface area is 104 Å². The van der Waals surface area contributed by atoms with Crippen LogP contribution in [0.3, 0.4) is 0 Å². The van der Waals surface area contributed by atoms with Gasteiger partial charge in [-0.3, -0.25) is 4.79 Å². The molecule has 0 aromatic heterocycles. The molecular formula is C12H15F2NO3. The Bertz CT molecular complexity index is 399. The van der Waals surface area contributed by atoms with Gasteiger partial charge in [0.05, 0.1) is 6.61 Å². The van der Waals surface area contributed by atoms with Crippen molar-refractivity contribution in [3.63, 3.8) is 0 Å². The van der Waals surface area contributed by atoms with Crippen LogP contribution in [-0.4, -0.2) is 32.2 Å². The van der Waals surface area contributed by atoms with Gasteiger partial charge in [-0.05, 0) is 12.1 Å². The van der Waals surface area contributed by atoms with Gasteiger partial charge in [-0.25, -0.2) is 0 Å². The van der Waals surface area contributed by atoms with Crippen LogP contribution in [0.25, 0.3) is 0 Å². The van der Waals surface area contributed by atoms with Gasteiger partial charge in [0.25, 0.3) is 0 Å². The van der Waals surface area contributed by atoms with Crippen molar-refractivity contribution in [2.45, 2.75) is 19.1 Å². The maximum absolute atomic E-state index is 12.0. The summed E-state index contributed by atoms with van der Waals surface area (Å²) < 4.78 is 33.1. The van der Waals surface area contributed by atoms with E-state index in [0.717, 1.165) is 0 Å². The normalized spacial score (nSPS) is 12.5. The lowest BCUT2D eigenvalue weighted by molar-refractivity contribution is -0.0498. The molecule has 0 spiro atoms. The summed E-state index contributed by atoms with van der Waals surface area (Å²) in [5.74, 6) is -0.282. The molecule has 0 aliphatic rings. The summed E-state index contributed by atoms with van der Waals surface area (Å²) in [7, 11) is 1.49. The molecule has 1 unspecified atom stereocenters. The first-order chi connectivity index (χ1) is 8.52. The second-order valence-corrected chi connectivity index (χ2v) is 3.75. The third kappa shape index (κ3) is 4.77. The maximum Gasteiger partial charge on any atom is 0.387 e. The number of ketones is 1. The summed E-state index contributed by atoms with van der Waals surface area (Å²) in [6.07, 6.45) is 0.0893. The number of hydrogen-bond donors (Lipinski definition) is 1. The number of carbonyl (C=O) groups excluding carboxylic acids is 1. The standard InChI is InChI=1S/C12H15F2NO3/c1-17-7-9(15)6-11(16)8-3-2-4-10(5-8)18-12(13)14/h2-5,9,12H,6-7,15H2,1H3. The first kappa shape index (κ1) is 14.5. The number of carbonyl (C=O) groups is 1. The van der Waals surface area contributed by atoms with Gasteiger partial charge in [0.15, 0.2) is 5.78 Å². The van der Waals surface area contributed by atoms with E-state index in [0.29, 0.717) is 5.56 Å². The first-order valence-electron chi connectivity index (χ1n) is 5.35. The van der Waals surface area contributed by atoms with Crippen molar-refractivity contribution >= 4 is 5.78 Å². The highest BCUT2D eigenvalue weighted by molar-refractivity contribution is 5.96. The van der Waals surface area contributed by atoms with Gasteiger partial charge in [0.2, 0.25) is 0 Å². The van der Waals surface area contributed by atoms with Gasteiger partial charge in [0, 0.05) is 25.1 Å². The van der Waals surface area contributed by atoms with Crippen LogP contribution in [0.2, 0.25) is 0 Å². The maximum atomic E-state index is 12.0. The molecule has 0 aliphatic carbocycles. The minimum Gasteiger partial charge on any atom is -0.435 e. The van der Waals surface area contributed by atoms with Crippen molar-refractivity contribution in [3.8, 4) is 5.75 Å². The fraction of sp³-hybridized carbons (Fsp3) is 0.417. The van der Waals surface area contributed by atoms with Crippen LogP contribution in [-0.2, 0) is 4.74 Å². The topological polar surface area (TPSA) is 61.5 Å². The molecule has 0 saturated carbocycles. The first-order valence-corrected chi connectivity index (χ1v) is 5.35. The smallest absolute Gasteiger partial charge is 0.387 e. The number of methoxy groups -OCH3 is 1. The Morgan fingerprint density at radius 2 is 2.17 bits per heavy atom. The van der Waals surface area contributed by atoms with Gasteiger partial charge < -0.3 is 15.2 Å². The molecule has 100 valence electrons. The molecule has 0 fully saturated rings. The fourth-order valence-corrected chi connectivity index (χ4v) is 1.47. The number of Topliss-reactive ketones (excluding diaryl/α,β-unsaturated/α-hetero) is 1. The van der Waals surface area contributed by atoms with E-state index in [9.17, 15) is 13.6 Å². The molecule has 0 heterocycles. The lowest BCUT2D eigenvalue weighted by atomic mass is 10.0. The molecule has 0 bridgehead atoms. The zero-order valence-corrected chi connectivity index (χ0v) is 9.94. The minimum atomic E-state index is -2.91. The zero-order valence-electron chi connectivity index (χ0n) is 9.94. The monoisotopic (exact) mass is 259 g/mol. The molecule has 2 N–H and O–H groups in total. The van der Waals surface area contributed by atoms with E-state index in [1.807, 2.05) is 0 Å². The van der Waals surface area contributed by atoms with Crippen LogP contribution in [0.1, 0.15) is 16.8 Å². The molecule has 0 aliphatic heterocycles. The average Bonchev–Trinajstić information content (AvgIpc) is 2.28. The fourth-order valence-electron chi connectivity index (χ4n) is 1.47. The van der Waals surface area contributed by atoms with Crippen LogP contribution >= 0.6 is 0 Å². The number of alkyl halides is 2. The molecule has 1 aromatic rings. The quantitative estimate of drug-likeness (QED) is 0.759. The minimum absolute atomic E-state index is 0.0452. The third-order valence-electron chi connectivity index (χ3n) is 2.21. The Morgan fingerprint density at radius 3 is 2.78 bits per heavy atom. The number of ether oxygens (including phenoxy) is 2. The lowest BCUT2D eigenvalue weighted by Crippen LogP contribution is -2.28. The van der Waals surface area contributed by atoms with Crippen LogP contribution < -0.4 is 10.5 Å². The van der Waals surface area contributed by atoms with Crippen molar-refractivity contribution in [2.24, 2.45) is 5.73 Å². The van der Waals surface area contributed by atoms with E-state index in [2.05, 4.69) is 4.74 Å². The highest BCUT2D eigenvalue weighted by Crippen LogP contribution is 2.17. The van der Waals surface area contributed by atoms with Crippen LogP contribution in [0, 0.1) is 0 Å². The molecule has 1 atom stereocenters. The van der Waals surface area contributed by atoms with E-state index in [4.69, 9.17) is 10.5 Å². The molecular weight excluding hydrogens is 244 g/mol. The SMILES string of the molecule is COCC(N)CC(=O)c1cccc(OC(F)F)c1. The van der Waals surface area contributed by atoms with Crippen molar-refractivity contribution in [1.29, 1.82) is 0 Å². The Kier molecular flexibility index (Phi) is 5.67. The second-order valence-electron chi connectivity index (χ2n) is 3.75. The van der Waals surface area contributed by atoms with E-state index >= 15 is 0 Å². The number of rotatable bonds is 7. The number of halogens is 2. The van der Waals surface area contributed by atoms with E-state index in [1.54, 1.807) is 0 Å². The highest BCUT2D eigenvalue weighted by atomic mass is 19.3. The number of nitrogens with two attached hydrogens (primary N) is 1. The van der Waals surface area contributed by atoms with Crippen LogP contribution in [0.5, 0.6) is 5.75 Å². The van der Waals surface area contributed by atoms with Gasteiger partial charge in [-0.2, -0.15) is 8.78 Å². The van der Waals surface area contributed by atoms with E-state index in [-0.39, 0.29) is 24.6 Å². The van der Waals surface area contributed by atoms with Crippen LogP contribution in [0.15, 0.2) is 24.3 Å². The summed E-state index contributed by atoms with van der Waals surface area (Å²) in [5, 5.41) is 0.